The van der Waals surface area contributed by atoms with Crippen molar-refractivity contribution >= 4 is 17.2 Å². The zero-order valence-electron chi connectivity index (χ0n) is 15.9. The molecule has 1 N–H and O–H groups in total. The SMILES string of the molecule is CCOc1ccc(-c2nc(CC(=O)NC(C)CN3CCOCC3)cs2)cc1. The van der Waals surface area contributed by atoms with Crippen LogP contribution in [-0.2, 0) is 16.0 Å². The predicted octanol–water partition coefficient (Wildman–Crippen LogP) is 2.59. The summed E-state index contributed by atoms with van der Waals surface area (Å²) in [4.78, 5) is 19.3. The fourth-order valence-corrected chi connectivity index (χ4v) is 3.91. The van der Waals surface area contributed by atoms with Crippen molar-refractivity contribution in [3.63, 3.8) is 0 Å². The molecule has 2 aromatic rings. The van der Waals surface area contributed by atoms with Crippen molar-refractivity contribution in [1.82, 2.24) is 15.2 Å². The van der Waals surface area contributed by atoms with Gasteiger partial charge in [0.1, 0.15) is 10.8 Å². The van der Waals surface area contributed by atoms with E-state index in [-0.39, 0.29) is 11.9 Å². The number of nitrogens with one attached hydrogen (secondary N) is 1. The molecule has 1 aromatic heterocycles. The molecule has 1 unspecified atom stereocenters. The summed E-state index contributed by atoms with van der Waals surface area (Å²) < 4.78 is 10.8. The van der Waals surface area contributed by atoms with Crippen LogP contribution in [0.1, 0.15) is 19.5 Å². The Morgan fingerprint density at radius 2 is 2.07 bits per heavy atom. The topological polar surface area (TPSA) is 63.7 Å². The van der Waals surface area contributed by atoms with Crippen LogP contribution in [0.3, 0.4) is 0 Å². The van der Waals surface area contributed by atoms with Gasteiger partial charge in [-0.25, -0.2) is 4.98 Å². The molecule has 146 valence electrons. The second-order valence-corrected chi connectivity index (χ2v) is 7.52. The van der Waals surface area contributed by atoms with Crippen LogP contribution >= 0.6 is 11.3 Å². The van der Waals surface area contributed by atoms with Crippen LogP contribution in [0.5, 0.6) is 5.75 Å². The number of carbonyl (C=O) groups is 1. The molecule has 2 heterocycles. The highest BCUT2D eigenvalue weighted by atomic mass is 32.1. The minimum absolute atomic E-state index is 0.0132. The third-order valence-corrected chi connectivity index (χ3v) is 5.29. The number of carbonyl (C=O) groups excluding carboxylic acids is 1. The van der Waals surface area contributed by atoms with Crippen LogP contribution in [0.4, 0.5) is 0 Å². The summed E-state index contributed by atoms with van der Waals surface area (Å²) in [5.41, 5.74) is 1.84. The van der Waals surface area contributed by atoms with Gasteiger partial charge in [0.25, 0.3) is 0 Å². The average molecular weight is 390 g/mol. The predicted molar refractivity (Wildman–Crippen MR) is 107 cm³/mol. The first-order valence-electron chi connectivity index (χ1n) is 9.41. The Bertz CT molecular complexity index is 726. The normalized spacial score (nSPS) is 16.1. The number of thiazole rings is 1. The lowest BCUT2D eigenvalue weighted by Crippen LogP contribution is -2.46. The van der Waals surface area contributed by atoms with Gasteiger partial charge in [-0.3, -0.25) is 9.69 Å². The Labute approximate surface area is 164 Å². The standard InChI is InChI=1S/C20H27N3O3S/c1-3-26-18-6-4-16(5-7-18)20-22-17(14-27-20)12-19(24)21-15(2)13-23-8-10-25-11-9-23/h4-7,14-15H,3,8-13H2,1-2H3,(H,21,24). The molecular weight excluding hydrogens is 362 g/mol. The van der Waals surface area contributed by atoms with Crippen LogP contribution < -0.4 is 10.1 Å². The lowest BCUT2D eigenvalue weighted by Gasteiger charge is -2.29. The van der Waals surface area contributed by atoms with E-state index in [2.05, 4.69) is 15.2 Å². The number of benzene rings is 1. The lowest BCUT2D eigenvalue weighted by molar-refractivity contribution is -0.121. The molecule has 27 heavy (non-hydrogen) atoms. The van der Waals surface area contributed by atoms with E-state index in [1.807, 2.05) is 43.5 Å². The fourth-order valence-electron chi connectivity index (χ4n) is 3.09. The Kier molecular flexibility index (Phi) is 7.20. The molecule has 0 radical (unpaired) electrons. The van der Waals surface area contributed by atoms with E-state index < -0.39 is 0 Å². The summed E-state index contributed by atoms with van der Waals surface area (Å²) in [5.74, 6) is 0.867. The molecule has 1 aliphatic heterocycles. The summed E-state index contributed by atoms with van der Waals surface area (Å²) in [5, 5.41) is 5.95. The zero-order chi connectivity index (χ0) is 19.1. The maximum atomic E-state index is 12.3. The van der Waals surface area contributed by atoms with Crippen molar-refractivity contribution in [2.75, 3.05) is 39.5 Å². The quantitative estimate of drug-likeness (QED) is 0.752. The van der Waals surface area contributed by atoms with Crippen LogP contribution in [0.15, 0.2) is 29.6 Å². The molecule has 0 bridgehead atoms. The molecule has 1 fully saturated rings. The van der Waals surface area contributed by atoms with E-state index in [0.29, 0.717) is 13.0 Å². The molecule has 3 rings (SSSR count). The summed E-state index contributed by atoms with van der Waals surface area (Å²) in [6, 6.07) is 8.00. The van der Waals surface area contributed by atoms with Gasteiger partial charge in [-0.15, -0.1) is 11.3 Å². The Morgan fingerprint density at radius 1 is 1.33 bits per heavy atom. The van der Waals surface area contributed by atoms with Crippen LogP contribution in [-0.4, -0.2) is 61.3 Å². The van der Waals surface area contributed by atoms with Crippen molar-refractivity contribution in [3.05, 3.63) is 35.3 Å². The van der Waals surface area contributed by atoms with E-state index in [9.17, 15) is 4.79 Å². The molecule has 1 saturated heterocycles. The van der Waals surface area contributed by atoms with E-state index in [1.54, 1.807) is 11.3 Å². The first kappa shape index (κ1) is 19.8. The third-order valence-electron chi connectivity index (χ3n) is 4.35. The molecule has 6 nitrogen and oxygen atoms in total. The van der Waals surface area contributed by atoms with Gasteiger partial charge in [0, 0.05) is 36.6 Å². The molecular formula is C20H27N3O3S. The Balaban J connectivity index is 1.49. The van der Waals surface area contributed by atoms with Crippen LogP contribution in [0, 0.1) is 0 Å². The minimum atomic E-state index is 0.0132. The number of amides is 1. The first-order chi connectivity index (χ1) is 13.1. The molecule has 1 aromatic carbocycles. The van der Waals surface area contributed by atoms with Gasteiger partial charge in [-0.05, 0) is 38.1 Å². The lowest BCUT2D eigenvalue weighted by atomic mass is 10.2. The number of rotatable bonds is 8. The molecule has 0 saturated carbocycles. The first-order valence-corrected chi connectivity index (χ1v) is 10.3. The van der Waals surface area contributed by atoms with Gasteiger partial charge in [-0.2, -0.15) is 0 Å². The number of hydrogen-bond donors (Lipinski definition) is 1. The molecule has 1 amide bonds. The highest BCUT2D eigenvalue weighted by Gasteiger charge is 2.16. The highest BCUT2D eigenvalue weighted by molar-refractivity contribution is 7.13. The number of hydrogen-bond acceptors (Lipinski definition) is 6. The average Bonchev–Trinajstić information content (AvgIpc) is 3.11. The fraction of sp³-hybridized carbons (Fsp3) is 0.500. The molecule has 1 atom stereocenters. The third kappa shape index (κ3) is 6.02. The second kappa shape index (κ2) is 9.82. The summed E-state index contributed by atoms with van der Waals surface area (Å²) >= 11 is 1.56. The van der Waals surface area contributed by atoms with Crippen LogP contribution in [0.25, 0.3) is 10.6 Å². The molecule has 0 aliphatic carbocycles. The van der Waals surface area contributed by atoms with Crippen molar-refractivity contribution in [2.45, 2.75) is 26.3 Å². The zero-order valence-corrected chi connectivity index (χ0v) is 16.8. The smallest absolute Gasteiger partial charge is 0.226 e. The van der Waals surface area contributed by atoms with Gasteiger partial charge in [0.2, 0.25) is 5.91 Å². The summed E-state index contributed by atoms with van der Waals surface area (Å²) in [6.45, 7) is 8.91. The largest absolute Gasteiger partial charge is 0.494 e. The van der Waals surface area contributed by atoms with Gasteiger partial charge >= 0.3 is 0 Å². The maximum Gasteiger partial charge on any atom is 0.226 e. The van der Waals surface area contributed by atoms with E-state index in [1.165, 1.54) is 0 Å². The Hall–Kier alpha value is -1.96. The number of aromatic nitrogens is 1. The van der Waals surface area contributed by atoms with E-state index in [4.69, 9.17) is 9.47 Å². The minimum Gasteiger partial charge on any atom is -0.494 e. The highest BCUT2D eigenvalue weighted by Crippen LogP contribution is 2.26. The van der Waals surface area contributed by atoms with Crippen molar-refractivity contribution in [3.8, 4) is 16.3 Å². The number of ether oxygens (including phenoxy) is 2. The van der Waals surface area contributed by atoms with Crippen molar-refractivity contribution < 1.29 is 14.3 Å². The molecule has 1 aliphatic rings. The van der Waals surface area contributed by atoms with Gasteiger partial charge in [0.05, 0.1) is 31.9 Å². The van der Waals surface area contributed by atoms with Gasteiger partial charge in [0.15, 0.2) is 0 Å². The van der Waals surface area contributed by atoms with Crippen molar-refractivity contribution in [2.24, 2.45) is 0 Å². The van der Waals surface area contributed by atoms with Gasteiger partial charge < -0.3 is 14.8 Å². The maximum absolute atomic E-state index is 12.3. The molecule has 7 heteroatoms. The number of morpholine rings is 1. The Morgan fingerprint density at radius 3 is 2.78 bits per heavy atom. The summed E-state index contributed by atoms with van der Waals surface area (Å²) in [7, 11) is 0. The van der Waals surface area contributed by atoms with E-state index in [0.717, 1.165) is 54.9 Å². The number of nitrogens with zero attached hydrogens (tertiary/aromatic N) is 2. The second-order valence-electron chi connectivity index (χ2n) is 6.66. The van der Waals surface area contributed by atoms with Crippen molar-refractivity contribution in [1.29, 1.82) is 0 Å². The van der Waals surface area contributed by atoms with Gasteiger partial charge in [-0.1, -0.05) is 0 Å². The van der Waals surface area contributed by atoms with E-state index >= 15 is 0 Å². The monoisotopic (exact) mass is 389 g/mol. The van der Waals surface area contributed by atoms with Crippen LogP contribution in [0.2, 0.25) is 0 Å². The summed E-state index contributed by atoms with van der Waals surface area (Å²) in [6.07, 6.45) is 0.307. The molecule has 0 spiro atoms.